The lowest BCUT2D eigenvalue weighted by atomic mass is 10.1. The molecule has 2 heteroatoms. The summed E-state index contributed by atoms with van der Waals surface area (Å²) in [7, 11) is 0. The van der Waals surface area contributed by atoms with E-state index in [9.17, 15) is 0 Å². The van der Waals surface area contributed by atoms with Crippen molar-refractivity contribution in [2.24, 2.45) is 0 Å². The fraction of sp³-hybridized carbons (Fsp3) is 0.462. The van der Waals surface area contributed by atoms with Gasteiger partial charge in [0, 0.05) is 6.42 Å². The zero-order chi connectivity index (χ0) is 10.9. The first-order chi connectivity index (χ1) is 7.36. The molecule has 0 atom stereocenters. The second kappa shape index (κ2) is 6.89. The summed E-state index contributed by atoms with van der Waals surface area (Å²) >= 11 is 0. The number of nitrogens with zero attached hydrogens (tertiary/aromatic N) is 1. The van der Waals surface area contributed by atoms with E-state index >= 15 is 0 Å². The van der Waals surface area contributed by atoms with E-state index in [0.717, 1.165) is 31.6 Å². The fourth-order valence-corrected chi connectivity index (χ4v) is 1.34. The van der Waals surface area contributed by atoms with Crippen LogP contribution in [0.25, 0.3) is 0 Å². The van der Waals surface area contributed by atoms with Gasteiger partial charge >= 0.3 is 0 Å². The lowest BCUT2D eigenvalue weighted by Gasteiger charge is -2.05. The molecule has 0 aliphatic heterocycles. The topological polar surface area (TPSA) is 33.0 Å². The molecule has 0 aliphatic carbocycles. The Bertz CT molecular complexity index is 310. The van der Waals surface area contributed by atoms with E-state index in [4.69, 9.17) is 10.00 Å². The van der Waals surface area contributed by atoms with E-state index in [-0.39, 0.29) is 0 Å². The highest BCUT2D eigenvalue weighted by Crippen LogP contribution is 2.13. The van der Waals surface area contributed by atoms with Gasteiger partial charge in [-0.05, 0) is 37.0 Å². The van der Waals surface area contributed by atoms with Crippen molar-refractivity contribution < 1.29 is 4.74 Å². The first-order valence-corrected chi connectivity index (χ1v) is 5.45. The molecular weight excluding hydrogens is 186 g/mol. The molecule has 0 radical (unpaired) electrons. The summed E-state index contributed by atoms with van der Waals surface area (Å²) in [5, 5.41) is 8.42. The lowest BCUT2D eigenvalue weighted by Crippen LogP contribution is -1.94. The van der Waals surface area contributed by atoms with Gasteiger partial charge in [-0.15, -0.1) is 0 Å². The predicted octanol–water partition coefficient (Wildman–Crippen LogP) is 3.32. The Labute approximate surface area is 91.5 Å². The Morgan fingerprint density at radius 3 is 2.60 bits per heavy atom. The highest BCUT2D eigenvalue weighted by Gasteiger charge is 1.95. The van der Waals surface area contributed by atoms with Crippen molar-refractivity contribution in [2.45, 2.75) is 32.6 Å². The van der Waals surface area contributed by atoms with Crippen LogP contribution in [0.1, 0.15) is 31.7 Å². The Morgan fingerprint density at radius 1 is 1.27 bits per heavy atom. The molecule has 0 heterocycles. The van der Waals surface area contributed by atoms with Crippen molar-refractivity contribution in [1.82, 2.24) is 0 Å². The average molecular weight is 203 g/mol. The normalized spacial score (nSPS) is 9.60. The summed E-state index contributed by atoms with van der Waals surface area (Å²) in [6.45, 7) is 2.87. The van der Waals surface area contributed by atoms with Crippen LogP contribution in [0.4, 0.5) is 0 Å². The number of hydrogen-bond donors (Lipinski definition) is 0. The largest absolute Gasteiger partial charge is 0.494 e. The van der Waals surface area contributed by atoms with Crippen LogP contribution in [0, 0.1) is 11.3 Å². The number of hydrogen-bond acceptors (Lipinski definition) is 2. The monoisotopic (exact) mass is 203 g/mol. The summed E-state index contributed by atoms with van der Waals surface area (Å²) in [5.41, 5.74) is 1.27. The van der Waals surface area contributed by atoms with Gasteiger partial charge in [-0.3, -0.25) is 0 Å². The molecule has 1 aromatic carbocycles. The Balaban J connectivity index is 2.39. The van der Waals surface area contributed by atoms with Crippen LogP contribution in [-0.2, 0) is 6.42 Å². The van der Waals surface area contributed by atoms with Gasteiger partial charge in [-0.2, -0.15) is 5.26 Å². The lowest BCUT2D eigenvalue weighted by molar-refractivity contribution is 0.317. The third kappa shape index (κ3) is 4.51. The molecule has 2 nitrogen and oxygen atoms in total. The van der Waals surface area contributed by atoms with E-state index in [1.165, 1.54) is 5.56 Å². The molecule has 0 aromatic heterocycles. The zero-order valence-corrected chi connectivity index (χ0v) is 9.20. The van der Waals surface area contributed by atoms with Gasteiger partial charge < -0.3 is 4.74 Å². The van der Waals surface area contributed by atoms with Gasteiger partial charge in [-0.25, -0.2) is 0 Å². The number of unbranched alkanes of at least 4 members (excludes halogenated alkanes) is 1. The van der Waals surface area contributed by atoms with Crippen LogP contribution in [0.3, 0.4) is 0 Å². The van der Waals surface area contributed by atoms with Crippen LogP contribution in [0.5, 0.6) is 5.75 Å². The molecule has 0 saturated carbocycles. The number of ether oxygens (including phenoxy) is 1. The molecule has 0 spiro atoms. The van der Waals surface area contributed by atoms with Crippen LogP contribution in [-0.4, -0.2) is 6.61 Å². The Kier molecular flexibility index (Phi) is 5.32. The van der Waals surface area contributed by atoms with E-state index in [2.05, 4.69) is 25.1 Å². The van der Waals surface area contributed by atoms with Gasteiger partial charge in [0.15, 0.2) is 0 Å². The molecule has 0 fully saturated rings. The molecule has 0 bridgehead atoms. The number of nitriles is 1. The van der Waals surface area contributed by atoms with Crippen LogP contribution in [0.2, 0.25) is 0 Å². The van der Waals surface area contributed by atoms with Crippen molar-refractivity contribution in [2.75, 3.05) is 6.61 Å². The quantitative estimate of drug-likeness (QED) is 0.664. The Hall–Kier alpha value is -1.49. The highest BCUT2D eigenvalue weighted by molar-refractivity contribution is 5.27. The standard InChI is InChI=1S/C13H17NO/c1-2-11-15-13-8-6-12(7-9-13)5-3-4-10-14/h6-9H,2-5,11H2,1H3. The van der Waals surface area contributed by atoms with Crippen LogP contribution in [0.15, 0.2) is 24.3 Å². The predicted molar refractivity (Wildman–Crippen MR) is 60.8 cm³/mol. The third-order valence-corrected chi connectivity index (χ3v) is 2.15. The van der Waals surface area contributed by atoms with Crippen LogP contribution < -0.4 is 4.74 Å². The zero-order valence-electron chi connectivity index (χ0n) is 9.20. The third-order valence-electron chi connectivity index (χ3n) is 2.15. The van der Waals surface area contributed by atoms with Gasteiger partial charge in [0.1, 0.15) is 5.75 Å². The average Bonchev–Trinajstić information content (AvgIpc) is 2.28. The molecular formula is C13H17NO. The summed E-state index contributed by atoms with van der Waals surface area (Å²) in [6, 6.07) is 10.3. The molecule has 1 aromatic rings. The van der Waals surface area contributed by atoms with Crippen molar-refractivity contribution in [1.29, 1.82) is 5.26 Å². The molecule has 0 unspecified atom stereocenters. The Morgan fingerprint density at radius 2 is 2.00 bits per heavy atom. The summed E-state index contributed by atoms with van der Waals surface area (Å²) in [6.07, 6.45) is 3.57. The van der Waals surface area contributed by atoms with E-state index in [0.29, 0.717) is 6.42 Å². The van der Waals surface area contributed by atoms with E-state index in [1.807, 2.05) is 12.1 Å². The van der Waals surface area contributed by atoms with E-state index in [1.54, 1.807) is 0 Å². The maximum atomic E-state index is 8.42. The van der Waals surface area contributed by atoms with Crippen molar-refractivity contribution in [3.05, 3.63) is 29.8 Å². The van der Waals surface area contributed by atoms with Crippen molar-refractivity contribution in [3.8, 4) is 11.8 Å². The first kappa shape index (κ1) is 11.6. The van der Waals surface area contributed by atoms with Gasteiger partial charge in [0.05, 0.1) is 12.7 Å². The molecule has 80 valence electrons. The number of rotatable bonds is 6. The van der Waals surface area contributed by atoms with E-state index < -0.39 is 0 Å². The SMILES string of the molecule is CCCOc1ccc(CCCC#N)cc1. The minimum Gasteiger partial charge on any atom is -0.494 e. The minimum absolute atomic E-state index is 0.633. The molecule has 0 saturated heterocycles. The van der Waals surface area contributed by atoms with Gasteiger partial charge in [-0.1, -0.05) is 19.1 Å². The van der Waals surface area contributed by atoms with Crippen molar-refractivity contribution in [3.63, 3.8) is 0 Å². The number of benzene rings is 1. The first-order valence-electron chi connectivity index (χ1n) is 5.45. The molecule has 0 N–H and O–H groups in total. The van der Waals surface area contributed by atoms with Crippen molar-refractivity contribution >= 4 is 0 Å². The summed E-state index contributed by atoms with van der Waals surface area (Å²) in [4.78, 5) is 0. The number of aryl methyl sites for hydroxylation is 1. The minimum atomic E-state index is 0.633. The van der Waals surface area contributed by atoms with Crippen LogP contribution >= 0.6 is 0 Å². The highest BCUT2D eigenvalue weighted by atomic mass is 16.5. The fourth-order valence-electron chi connectivity index (χ4n) is 1.34. The molecule has 1 rings (SSSR count). The maximum absolute atomic E-state index is 8.42. The maximum Gasteiger partial charge on any atom is 0.119 e. The summed E-state index contributed by atoms with van der Waals surface area (Å²) < 4.78 is 5.48. The second-order valence-corrected chi connectivity index (χ2v) is 3.50. The molecule has 0 aliphatic rings. The smallest absolute Gasteiger partial charge is 0.119 e. The molecule has 0 amide bonds. The van der Waals surface area contributed by atoms with Gasteiger partial charge in [0.25, 0.3) is 0 Å². The molecule has 15 heavy (non-hydrogen) atoms. The van der Waals surface area contributed by atoms with Gasteiger partial charge in [0.2, 0.25) is 0 Å². The summed E-state index contributed by atoms with van der Waals surface area (Å²) in [5.74, 6) is 0.931. The second-order valence-electron chi connectivity index (χ2n) is 3.50.